The lowest BCUT2D eigenvalue weighted by Gasteiger charge is -2.31. The Kier molecular flexibility index (Phi) is 4.43. The lowest BCUT2D eigenvalue weighted by molar-refractivity contribution is -0.126. The van der Waals surface area contributed by atoms with Gasteiger partial charge in [0, 0.05) is 6.04 Å². The second-order valence-electron chi connectivity index (χ2n) is 6.11. The van der Waals surface area contributed by atoms with Crippen molar-refractivity contribution in [3.63, 3.8) is 0 Å². The van der Waals surface area contributed by atoms with E-state index in [-0.39, 0.29) is 23.9 Å². The van der Waals surface area contributed by atoms with Crippen LogP contribution in [0.2, 0.25) is 0 Å². The number of amides is 1. The first kappa shape index (κ1) is 15.0. The topological polar surface area (TPSA) is 49.3 Å². The van der Waals surface area contributed by atoms with Crippen LogP contribution in [0.3, 0.4) is 0 Å². The van der Waals surface area contributed by atoms with Crippen LogP contribution in [-0.2, 0) is 10.2 Å². The molecule has 0 spiro atoms. The van der Waals surface area contributed by atoms with Crippen molar-refractivity contribution < 1.29 is 14.3 Å². The van der Waals surface area contributed by atoms with Gasteiger partial charge in [0.2, 0.25) is 5.91 Å². The molecule has 0 heterocycles. The molecule has 3 nitrogen and oxygen atoms in total. The molecule has 0 unspecified atom stereocenters. The van der Waals surface area contributed by atoms with Crippen molar-refractivity contribution in [3.8, 4) is 0 Å². The Labute approximate surface area is 119 Å². The zero-order valence-electron chi connectivity index (χ0n) is 12.0. The van der Waals surface area contributed by atoms with Gasteiger partial charge in [0.1, 0.15) is 5.82 Å². The summed E-state index contributed by atoms with van der Waals surface area (Å²) in [5, 5.41) is 12.5. The lowest BCUT2D eigenvalue weighted by atomic mass is 9.83. The molecular formula is C16H22FNO2. The highest BCUT2D eigenvalue weighted by molar-refractivity contribution is 5.87. The number of halogens is 1. The number of carbonyl (C=O) groups excluding carboxylic acids is 1. The quantitative estimate of drug-likeness (QED) is 0.893. The van der Waals surface area contributed by atoms with Crippen LogP contribution in [-0.4, -0.2) is 23.2 Å². The summed E-state index contributed by atoms with van der Waals surface area (Å²) in [4.78, 5) is 12.4. The molecule has 1 aromatic rings. The number of hydrogen-bond donors (Lipinski definition) is 2. The molecule has 0 bridgehead atoms. The monoisotopic (exact) mass is 279 g/mol. The predicted molar refractivity (Wildman–Crippen MR) is 75.8 cm³/mol. The van der Waals surface area contributed by atoms with E-state index in [4.69, 9.17) is 0 Å². The number of hydrogen-bond acceptors (Lipinski definition) is 2. The normalized spacial score (nSPS) is 23.4. The molecule has 1 aliphatic rings. The maximum atomic E-state index is 13.0. The Balaban J connectivity index is 2.01. The Hall–Kier alpha value is -1.42. The standard InChI is InChI=1S/C16H22FNO2/c1-16(2,11-3-5-12(17)6-4-11)15(20)18-13-7-9-14(19)10-8-13/h3-6,13-14,19H,7-10H2,1-2H3,(H,18,20). The first-order valence-corrected chi connectivity index (χ1v) is 7.14. The second kappa shape index (κ2) is 5.92. The van der Waals surface area contributed by atoms with Crippen LogP contribution in [0.25, 0.3) is 0 Å². The summed E-state index contributed by atoms with van der Waals surface area (Å²) < 4.78 is 13.0. The number of aliphatic hydroxyl groups is 1. The highest BCUT2D eigenvalue weighted by Gasteiger charge is 2.32. The molecule has 2 N–H and O–H groups in total. The smallest absolute Gasteiger partial charge is 0.230 e. The summed E-state index contributed by atoms with van der Waals surface area (Å²) >= 11 is 0. The van der Waals surface area contributed by atoms with Gasteiger partial charge in [0.05, 0.1) is 11.5 Å². The summed E-state index contributed by atoms with van der Waals surface area (Å²) in [5.74, 6) is -0.350. The molecule has 20 heavy (non-hydrogen) atoms. The van der Waals surface area contributed by atoms with Gasteiger partial charge in [-0.25, -0.2) is 4.39 Å². The lowest BCUT2D eigenvalue weighted by Crippen LogP contribution is -2.46. The largest absolute Gasteiger partial charge is 0.393 e. The first-order valence-electron chi connectivity index (χ1n) is 7.14. The minimum absolute atomic E-state index is 0.0505. The van der Waals surface area contributed by atoms with E-state index in [1.54, 1.807) is 12.1 Å². The molecule has 1 aliphatic carbocycles. The van der Waals surface area contributed by atoms with Crippen molar-refractivity contribution in [3.05, 3.63) is 35.6 Å². The predicted octanol–water partition coefficient (Wildman–Crippen LogP) is 2.52. The molecule has 0 aliphatic heterocycles. The molecular weight excluding hydrogens is 257 g/mol. The fourth-order valence-corrected chi connectivity index (χ4v) is 2.58. The molecule has 2 rings (SSSR count). The van der Waals surface area contributed by atoms with Crippen LogP contribution in [0.1, 0.15) is 45.1 Å². The number of benzene rings is 1. The van der Waals surface area contributed by atoms with Gasteiger partial charge >= 0.3 is 0 Å². The van der Waals surface area contributed by atoms with Crippen molar-refractivity contribution in [1.29, 1.82) is 0 Å². The molecule has 4 heteroatoms. The van der Waals surface area contributed by atoms with E-state index < -0.39 is 5.41 Å². The van der Waals surface area contributed by atoms with Gasteiger partial charge in [0.25, 0.3) is 0 Å². The molecule has 1 fully saturated rings. The molecule has 0 aromatic heterocycles. The third kappa shape index (κ3) is 3.37. The highest BCUT2D eigenvalue weighted by Crippen LogP contribution is 2.25. The van der Waals surface area contributed by atoms with Crippen LogP contribution < -0.4 is 5.32 Å². The molecule has 0 saturated heterocycles. The molecule has 0 atom stereocenters. The van der Waals surface area contributed by atoms with E-state index in [1.807, 2.05) is 13.8 Å². The van der Waals surface area contributed by atoms with Gasteiger partial charge in [-0.1, -0.05) is 12.1 Å². The van der Waals surface area contributed by atoms with Gasteiger partial charge in [-0.05, 0) is 57.2 Å². The third-order valence-electron chi connectivity index (χ3n) is 4.17. The van der Waals surface area contributed by atoms with E-state index in [9.17, 15) is 14.3 Å². The van der Waals surface area contributed by atoms with Gasteiger partial charge in [-0.2, -0.15) is 0 Å². The number of rotatable bonds is 3. The maximum absolute atomic E-state index is 13.0. The van der Waals surface area contributed by atoms with Crippen LogP contribution in [0.5, 0.6) is 0 Å². The fraction of sp³-hybridized carbons (Fsp3) is 0.562. The van der Waals surface area contributed by atoms with Crippen LogP contribution >= 0.6 is 0 Å². The summed E-state index contributed by atoms with van der Waals surface area (Å²) in [5.41, 5.74) is 0.108. The molecule has 1 amide bonds. The van der Waals surface area contributed by atoms with E-state index in [2.05, 4.69) is 5.32 Å². The first-order chi connectivity index (χ1) is 9.39. The second-order valence-corrected chi connectivity index (χ2v) is 6.11. The van der Waals surface area contributed by atoms with E-state index in [1.165, 1.54) is 12.1 Å². The Morgan fingerprint density at radius 2 is 1.75 bits per heavy atom. The van der Waals surface area contributed by atoms with Crippen molar-refractivity contribution in [1.82, 2.24) is 5.32 Å². The number of aliphatic hydroxyl groups excluding tert-OH is 1. The van der Waals surface area contributed by atoms with E-state index in [0.717, 1.165) is 31.2 Å². The third-order valence-corrected chi connectivity index (χ3v) is 4.17. The summed E-state index contributed by atoms with van der Waals surface area (Å²) in [6.07, 6.45) is 2.87. The van der Waals surface area contributed by atoms with Crippen molar-refractivity contribution in [2.75, 3.05) is 0 Å². The molecule has 1 aromatic carbocycles. The Morgan fingerprint density at radius 1 is 1.20 bits per heavy atom. The van der Waals surface area contributed by atoms with Crippen LogP contribution in [0.15, 0.2) is 24.3 Å². The molecule has 0 radical (unpaired) electrons. The van der Waals surface area contributed by atoms with E-state index in [0.29, 0.717) is 0 Å². The minimum atomic E-state index is -0.691. The Bertz CT molecular complexity index is 462. The average Bonchev–Trinajstić information content (AvgIpc) is 2.42. The summed E-state index contributed by atoms with van der Waals surface area (Å²) in [7, 11) is 0. The molecule has 110 valence electrons. The van der Waals surface area contributed by atoms with Crippen LogP contribution in [0, 0.1) is 5.82 Å². The SMILES string of the molecule is CC(C)(C(=O)NC1CCC(O)CC1)c1ccc(F)cc1. The number of nitrogens with one attached hydrogen (secondary N) is 1. The van der Waals surface area contributed by atoms with Crippen LogP contribution in [0.4, 0.5) is 4.39 Å². The van der Waals surface area contributed by atoms with Crippen molar-refractivity contribution in [2.24, 2.45) is 0 Å². The zero-order chi connectivity index (χ0) is 14.8. The summed E-state index contributed by atoms with van der Waals surface area (Å²) in [6, 6.07) is 6.19. The molecule has 1 saturated carbocycles. The van der Waals surface area contributed by atoms with Gasteiger partial charge in [-0.3, -0.25) is 4.79 Å². The highest BCUT2D eigenvalue weighted by atomic mass is 19.1. The average molecular weight is 279 g/mol. The minimum Gasteiger partial charge on any atom is -0.393 e. The van der Waals surface area contributed by atoms with E-state index >= 15 is 0 Å². The van der Waals surface area contributed by atoms with Crippen molar-refractivity contribution >= 4 is 5.91 Å². The zero-order valence-corrected chi connectivity index (χ0v) is 12.0. The summed E-state index contributed by atoms with van der Waals surface area (Å²) in [6.45, 7) is 3.68. The van der Waals surface area contributed by atoms with Gasteiger partial charge in [0.15, 0.2) is 0 Å². The maximum Gasteiger partial charge on any atom is 0.230 e. The van der Waals surface area contributed by atoms with Crippen molar-refractivity contribution in [2.45, 2.75) is 57.1 Å². The number of carbonyl (C=O) groups is 1. The Morgan fingerprint density at radius 3 is 2.30 bits per heavy atom. The van der Waals surface area contributed by atoms with Gasteiger partial charge in [-0.15, -0.1) is 0 Å². The fourth-order valence-electron chi connectivity index (χ4n) is 2.58. The van der Waals surface area contributed by atoms with Gasteiger partial charge < -0.3 is 10.4 Å².